The van der Waals surface area contributed by atoms with Crippen LogP contribution in [-0.2, 0) is 11.2 Å². The number of nitrogens with zero attached hydrogens (tertiary/aromatic N) is 1. The Morgan fingerprint density at radius 3 is 2.33 bits per heavy atom. The van der Waals surface area contributed by atoms with Gasteiger partial charge in [-0.2, -0.15) is 0 Å². The van der Waals surface area contributed by atoms with Crippen molar-refractivity contribution in [3.05, 3.63) is 48.2 Å². The van der Waals surface area contributed by atoms with E-state index in [1.807, 2.05) is 32.0 Å². The summed E-state index contributed by atoms with van der Waals surface area (Å²) in [5, 5.41) is 0. The molecule has 24 heavy (non-hydrogen) atoms. The molecule has 2 aromatic rings. The first-order chi connectivity index (χ1) is 11.6. The molecule has 0 N–H and O–H groups in total. The number of ether oxygens (including phenoxy) is 2. The van der Waals surface area contributed by atoms with Gasteiger partial charge < -0.3 is 14.3 Å². The molecule has 0 fully saturated rings. The molecule has 1 heterocycles. The molecule has 1 aromatic heterocycles. The zero-order valence-corrected chi connectivity index (χ0v) is 14.6. The van der Waals surface area contributed by atoms with Crippen molar-refractivity contribution in [1.29, 1.82) is 0 Å². The standard InChI is InChI=1S/C20H25NO3/c1-15(2)23-20-11-10-19(14-21-20)24-18-8-6-17(7-9-18)5-4-16(3)12-13-22/h6-11,13-16H,4-5,12H2,1-3H3. The van der Waals surface area contributed by atoms with Gasteiger partial charge >= 0.3 is 0 Å². The topological polar surface area (TPSA) is 48.4 Å². The van der Waals surface area contributed by atoms with Gasteiger partial charge in [-0.25, -0.2) is 4.98 Å². The molecule has 2 rings (SSSR count). The number of aryl methyl sites for hydroxylation is 1. The molecule has 0 aliphatic carbocycles. The molecule has 0 saturated carbocycles. The number of carbonyl (C=O) groups excluding carboxylic acids is 1. The number of rotatable bonds is 9. The Labute approximate surface area is 143 Å². The zero-order valence-electron chi connectivity index (χ0n) is 14.6. The average Bonchev–Trinajstić information content (AvgIpc) is 2.56. The molecular weight excluding hydrogens is 302 g/mol. The number of benzene rings is 1. The second-order valence-electron chi connectivity index (χ2n) is 6.29. The van der Waals surface area contributed by atoms with E-state index in [1.165, 1.54) is 5.56 Å². The summed E-state index contributed by atoms with van der Waals surface area (Å²) in [6.07, 6.45) is 5.37. The van der Waals surface area contributed by atoms with E-state index >= 15 is 0 Å². The van der Waals surface area contributed by atoms with E-state index < -0.39 is 0 Å². The normalized spacial score (nSPS) is 12.0. The summed E-state index contributed by atoms with van der Waals surface area (Å²) in [7, 11) is 0. The molecule has 0 bridgehead atoms. The number of hydrogen-bond acceptors (Lipinski definition) is 4. The first kappa shape index (κ1) is 18.0. The van der Waals surface area contributed by atoms with Gasteiger partial charge in [0, 0.05) is 12.5 Å². The van der Waals surface area contributed by atoms with Gasteiger partial charge in [-0.05, 0) is 56.4 Å². The van der Waals surface area contributed by atoms with E-state index in [1.54, 1.807) is 12.3 Å². The van der Waals surface area contributed by atoms with Crippen LogP contribution in [0.4, 0.5) is 0 Å². The SMILES string of the molecule is CC(CC=O)CCc1ccc(Oc2ccc(OC(C)C)nc2)cc1. The third-order valence-electron chi connectivity index (χ3n) is 3.65. The molecule has 128 valence electrons. The highest BCUT2D eigenvalue weighted by atomic mass is 16.5. The van der Waals surface area contributed by atoms with Crippen molar-refractivity contribution < 1.29 is 14.3 Å². The van der Waals surface area contributed by atoms with Crippen LogP contribution in [-0.4, -0.2) is 17.4 Å². The Morgan fingerprint density at radius 1 is 1.04 bits per heavy atom. The second kappa shape index (κ2) is 9.06. The maximum Gasteiger partial charge on any atom is 0.213 e. The van der Waals surface area contributed by atoms with Crippen LogP contribution < -0.4 is 9.47 Å². The van der Waals surface area contributed by atoms with Crippen LogP contribution in [0.15, 0.2) is 42.6 Å². The lowest BCUT2D eigenvalue weighted by atomic mass is 9.99. The van der Waals surface area contributed by atoms with Gasteiger partial charge in [-0.1, -0.05) is 19.1 Å². The van der Waals surface area contributed by atoms with E-state index in [-0.39, 0.29) is 6.10 Å². The summed E-state index contributed by atoms with van der Waals surface area (Å²) in [6.45, 7) is 6.03. The molecule has 1 atom stereocenters. The predicted molar refractivity (Wildman–Crippen MR) is 94.7 cm³/mol. The van der Waals surface area contributed by atoms with Gasteiger partial charge in [0.1, 0.15) is 17.8 Å². The third-order valence-corrected chi connectivity index (χ3v) is 3.65. The second-order valence-corrected chi connectivity index (χ2v) is 6.29. The Kier molecular flexibility index (Phi) is 6.79. The van der Waals surface area contributed by atoms with Gasteiger partial charge in [0.15, 0.2) is 0 Å². The fraction of sp³-hybridized carbons (Fsp3) is 0.400. The quantitative estimate of drug-likeness (QED) is 0.620. The lowest BCUT2D eigenvalue weighted by Gasteiger charge is -2.10. The van der Waals surface area contributed by atoms with E-state index in [4.69, 9.17) is 9.47 Å². The Balaban J connectivity index is 1.88. The molecule has 0 aliphatic heterocycles. The van der Waals surface area contributed by atoms with E-state index in [0.29, 0.717) is 24.0 Å². The smallest absolute Gasteiger partial charge is 0.213 e. The van der Waals surface area contributed by atoms with Crippen LogP contribution in [0.3, 0.4) is 0 Å². The Hall–Kier alpha value is -2.36. The summed E-state index contributed by atoms with van der Waals surface area (Å²) >= 11 is 0. The lowest BCUT2D eigenvalue weighted by Crippen LogP contribution is -2.06. The molecule has 0 radical (unpaired) electrons. The number of aromatic nitrogens is 1. The van der Waals surface area contributed by atoms with Crippen molar-refractivity contribution in [3.8, 4) is 17.4 Å². The number of hydrogen-bond donors (Lipinski definition) is 0. The molecule has 1 aromatic carbocycles. The minimum atomic E-state index is 0.103. The largest absolute Gasteiger partial charge is 0.475 e. The maximum absolute atomic E-state index is 10.5. The van der Waals surface area contributed by atoms with Gasteiger partial charge in [0.2, 0.25) is 5.88 Å². The summed E-state index contributed by atoms with van der Waals surface area (Å²) < 4.78 is 11.3. The van der Waals surface area contributed by atoms with Crippen molar-refractivity contribution in [2.75, 3.05) is 0 Å². The number of pyridine rings is 1. The van der Waals surface area contributed by atoms with Crippen molar-refractivity contribution in [1.82, 2.24) is 4.98 Å². The zero-order chi connectivity index (χ0) is 17.4. The monoisotopic (exact) mass is 327 g/mol. The highest BCUT2D eigenvalue weighted by Gasteiger charge is 2.04. The fourth-order valence-corrected chi connectivity index (χ4v) is 2.29. The van der Waals surface area contributed by atoms with Gasteiger partial charge in [-0.15, -0.1) is 0 Å². The van der Waals surface area contributed by atoms with Crippen LogP contribution in [0.2, 0.25) is 0 Å². The Morgan fingerprint density at radius 2 is 1.75 bits per heavy atom. The van der Waals surface area contributed by atoms with Gasteiger partial charge in [-0.3, -0.25) is 0 Å². The van der Waals surface area contributed by atoms with Crippen molar-refractivity contribution in [2.24, 2.45) is 5.92 Å². The van der Waals surface area contributed by atoms with Gasteiger partial charge in [0.25, 0.3) is 0 Å². The van der Waals surface area contributed by atoms with Crippen molar-refractivity contribution in [2.45, 2.75) is 46.1 Å². The predicted octanol–water partition coefficient (Wildman–Crippen LogP) is 4.82. The summed E-state index contributed by atoms with van der Waals surface area (Å²) in [6, 6.07) is 11.7. The van der Waals surface area contributed by atoms with Crippen molar-refractivity contribution in [3.63, 3.8) is 0 Å². The fourth-order valence-electron chi connectivity index (χ4n) is 2.29. The van der Waals surface area contributed by atoms with Crippen LogP contribution in [0, 0.1) is 5.92 Å². The lowest BCUT2D eigenvalue weighted by molar-refractivity contribution is -0.108. The summed E-state index contributed by atoms with van der Waals surface area (Å²) in [5.41, 5.74) is 1.25. The minimum absolute atomic E-state index is 0.103. The highest BCUT2D eigenvalue weighted by Crippen LogP contribution is 2.23. The molecule has 4 heteroatoms. The number of carbonyl (C=O) groups is 1. The molecule has 0 spiro atoms. The van der Waals surface area contributed by atoms with Crippen LogP contribution >= 0.6 is 0 Å². The maximum atomic E-state index is 10.5. The van der Waals surface area contributed by atoms with Gasteiger partial charge in [0.05, 0.1) is 12.3 Å². The third kappa shape index (κ3) is 6.03. The highest BCUT2D eigenvalue weighted by molar-refractivity contribution is 5.49. The number of aldehydes is 1. The average molecular weight is 327 g/mol. The first-order valence-corrected chi connectivity index (χ1v) is 8.40. The van der Waals surface area contributed by atoms with Crippen LogP contribution in [0.25, 0.3) is 0 Å². The molecule has 0 amide bonds. The minimum Gasteiger partial charge on any atom is -0.475 e. The Bertz CT molecular complexity index is 620. The van der Waals surface area contributed by atoms with E-state index in [2.05, 4.69) is 24.0 Å². The van der Waals surface area contributed by atoms with E-state index in [9.17, 15) is 4.79 Å². The summed E-state index contributed by atoms with van der Waals surface area (Å²) in [4.78, 5) is 14.7. The molecule has 0 aliphatic rings. The van der Waals surface area contributed by atoms with E-state index in [0.717, 1.165) is 24.9 Å². The molecule has 1 unspecified atom stereocenters. The van der Waals surface area contributed by atoms with Crippen LogP contribution in [0.5, 0.6) is 17.4 Å². The molecule has 0 saturated heterocycles. The van der Waals surface area contributed by atoms with Crippen molar-refractivity contribution >= 4 is 6.29 Å². The first-order valence-electron chi connectivity index (χ1n) is 8.40. The molecule has 4 nitrogen and oxygen atoms in total. The molecular formula is C20H25NO3. The summed E-state index contributed by atoms with van der Waals surface area (Å²) in [5.74, 6) is 2.48. The van der Waals surface area contributed by atoms with Crippen LogP contribution in [0.1, 0.15) is 39.2 Å².